The van der Waals surface area contributed by atoms with Gasteiger partial charge in [0.05, 0.1) is 15.2 Å². The Bertz CT molecular complexity index is 856. The van der Waals surface area contributed by atoms with Gasteiger partial charge in [-0.2, -0.15) is 0 Å². The Kier molecular flexibility index (Phi) is 16.3. The summed E-state index contributed by atoms with van der Waals surface area (Å²) < 4.78 is 12.7. The first kappa shape index (κ1) is 30.2. The summed E-state index contributed by atoms with van der Waals surface area (Å²) in [6.45, 7) is 0. The fraction of sp³-hybridized carbons (Fsp3) is 0.0667. The number of nitro groups is 2. The van der Waals surface area contributed by atoms with Crippen molar-refractivity contribution in [2.75, 3.05) is 5.34 Å². The van der Waals surface area contributed by atoms with Crippen LogP contribution in [-0.2, 0) is 4.65 Å². The van der Waals surface area contributed by atoms with Gasteiger partial charge >= 0.3 is 19.6 Å². The van der Waals surface area contributed by atoms with Crippen molar-refractivity contribution in [3.8, 4) is 11.5 Å². The van der Waals surface area contributed by atoms with E-state index in [1.807, 2.05) is 0 Å². The molecule has 5 radical (unpaired) electrons. The second-order valence-corrected chi connectivity index (χ2v) is 5.53. The lowest BCUT2D eigenvalue weighted by Crippen LogP contribution is -2.07. The predicted molar refractivity (Wildman–Crippen MR) is 113 cm³/mol. The van der Waals surface area contributed by atoms with Crippen molar-refractivity contribution in [1.82, 2.24) is 0 Å². The van der Waals surface area contributed by atoms with E-state index >= 15 is 0 Å². The maximum atomic E-state index is 10.5. The minimum absolute atomic E-state index is 0. The first-order valence-electron chi connectivity index (χ1n) is 7.21. The average Bonchev–Trinajstić information content (AvgIpc) is 2.69. The molecule has 0 unspecified atom stereocenters. The van der Waals surface area contributed by atoms with Crippen molar-refractivity contribution in [1.29, 1.82) is 0 Å². The number of ether oxygens (including phenoxy) is 2. The van der Waals surface area contributed by atoms with Crippen molar-refractivity contribution >= 4 is 74.2 Å². The second-order valence-electron chi connectivity index (χ2n) is 4.41. The standard InChI is InChI=1S/C7H4BNO5.C7H4ClNO4.CH2Cl2.B/c8-14-7(10)13-6-3-1-5(2-4-6)9(11)12;8-7(10)13-6-3-1-5(2-4-6)9(11)12;2-1-3;/h1-4H;1-4H;1H2;. The Morgan fingerprint density at radius 3 is 1.42 bits per heavy atom. The van der Waals surface area contributed by atoms with Crippen molar-refractivity contribution in [3.63, 3.8) is 0 Å². The van der Waals surface area contributed by atoms with Gasteiger partial charge in [-0.3, -0.25) is 20.2 Å². The molecule has 0 fully saturated rings. The molecule has 0 aliphatic heterocycles. The van der Waals surface area contributed by atoms with E-state index in [-0.39, 0.29) is 36.6 Å². The van der Waals surface area contributed by atoms with E-state index in [0.29, 0.717) is 0 Å². The summed E-state index contributed by atoms with van der Waals surface area (Å²) in [6, 6.07) is 9.92. The zero-order valence-electron chi connectivity index (χ0n) is 15.2. The lowest BCUT2D eigenvalue weighted by Gasteiger charge is -2.01. The van der Waals surface area contributed by atoms with Crippen LogP contribution >= 0.6 is 34.8 Å². The Balaban J connectivity index is 0. The summed E-state index contributed by atoms with van der Waals surface area (Å²) in [5.74, 6) is 0.289. The number of hydrogen-bond acceptors (Lipinski definition) is 9. The highest BCUT2D eigenvalue weighted by Crippen LogP contribution is 2.18. The van der Waals surface area contributed by atoms with Crippen LogP contribution in [0.2, 0.25) is 0 Å². The molecule has 2 aromatic rings. The summed E-state index contributed by atoms with van der Waals surface area (Å²) in [4.78, 5) is 40.1. The molecule has 11 nitrogen and oxygen atoms in total. The third-order valence-electron chi connectivity index (χ3n) is 2.59. The minimum Gasteiger partial charge on any atom is -0.513 e. The molecule has 0 spiro atoms. The van der Waals surface area contributed by atoms with Gasteiger partial charge in [-0.05, 0) is 24.3 Å². The number of hydrogen-bond donors (Lipinski definition) is 0. The number of non-ortho nitro benzene ring substituents is 2. The summed E-state index contributed by atoms with van der Waals surface area (Å²) >= 11 is 14.4. The predicted octanol–water partition coefficient (Wildman–Crippen LogP) is 4.57. The molecule has 16 heteroatoms. The zero-order valence-corrected chi connectivity index (χ0v) is 17.5. The molecular formula is C15H10B2Cl3N2O9. The maximum Gasteiger partial charge on any atom is 0.494 e. The lowest BCUT2D eigenvalue weighted by molar-refractivity contribution is -0.385. The van der Waals surface area contributed by atoms with Crippen LogP contribution in [-0.4, -0.2) is 43.2 Å². The van der Waals surface area contributed by atoms with E-state index in [2.05, 4.69) is 22.2 Å². The van der Waals surface area contributed by atoms with Gasteiger partial charge in [-0.1, -0.05) is 0 Å². The number of nitrogens with zero attached hydrogens (tertiary/aromatic N) is 2. The number of nitro benzene ring substituents is 2. The monoisotopic (exact) mass is 489 g/mol. The molecule has 0 atom stereocenters. The third kappa shape index (κ3) is 13.8. The van der Waals surface area contributed by atoms with Gasteiger partial charge in [0.1, 0.15) is 11.5 Å². The SMILES string of the molecule is ClCCl.O=C(Cl)Oc1ccc([N+](=O)[O-])cc1.[B].[B]OC(=O)Oc1ccc([N+](=O)[O-])cc1. The van der Waals surface area contributed by atoms with Gasteiger partial charge in [0, 0.05) is 44.3 Å². The van der Waals surface area contributed by atoms with Gasteiger partial charge in [-0.15, -0.1) is 23.2 Å². The topological polar surface area (TPSA) is 148 Å². The maximum absolute atomic E-state index is 10.5. The molecule has 0 aliphatic rings. The van der Waals surface area contributed by atoms with E-state index in [1.54, 1.807) is 0 Å². The van der Waals surface area contributed by atoms with Gasteiger partial charge in [0.15, 0.2) is 0 Å². The normalized spacial score (nSPS) is 8.61. The van der Waals surface area contributed by atoms with Crippen molar-refractivity contribution in [2.45, 2.75) is 0 Å². The number of halogens is 3. The highest BCUT2D eigenvalue weighted by Gasteiger charge is 2.07. The van der Waals surface area contributed by atoms with Crippen molar-refractivity contribution in [2.24, 2.45) is 0 Å². The van der Waals surface area contributed by atoms with Crippen LogP contribution in [0.3, 0.4) is 0 Å². The number of carbonyl (C=O) groups is 2. The fourth-order valence-corrected chi connectivity index (χ4v) is 1.57. The van der Waals surface area contributed by atoms with Crippen LogP contribution in [0.5, 0.6) is 11.5 Å². The van der Waals surface area contributed by atoms with Crippen LogP contribution in [0.4, 0.5) is 21.0 Å². The smallest absolute Gasteiger partial charge is 0.494 e. The highest BCUT2D eigenvalue weighted by atomic mass is 35.5. The van der Waals surface area contributed by atoms with E-state index < -0.39 is 21.4 Å². The van der Waals surface area contributed by atoms with E-state index in [4.69, 9.17) is 34.8 Å². The number of carbonyl (C=O) groups excluding carboxylic acids is 2. The van der Waals surface area contributed by atoms with E-state index in [9.17, 15) is 29.8 Å². The molecule has 0 heterocycles. The van der Waals surface area contributed by atoms with Crippen LogP contribution in [0.1, 0.15) is 0 Å². The molecular weight excluding hydrogens is 480 g/mol. The Labute approximate surface area is 193 Å². The lowest BCUT2D eigenvalue weighted by atomic mass is 10.3. The third-order valence-corrected chi connectivity index (χ3v) is 2.67. The minimum atomic E-state index is -1.08. The van der Waals surface area contributed by atoms with Crippen LogP contribution in [0.25, 0.3) is 0 Å². The fourth-order valence-electron chi connectivity index (χ4n) is 1.48. The number of benzene rings is 2. The molecule has 0 saturated carbocycles. The summed E-state index contributed by atoms with van der Waals surface area (Å²) in [6.07, 6.45) is -1.08. The van der Waals surface area contributed by atoms with Gasteiger partial charge in [0.2, 0.25) is 0 Å². The molecule has 2 aromatic carbocycles. The summed E-state index contributed by atoms with van der Waals surface area (Å²) in [7, 11) is 4.52. The Morgan fingerprint density at radius 1 is 0.839 bits per heavy atom. The van der Waals surface area contributed by atoms with Gasteiger partial charge < -0.3 is 14.1 Å². The largest absolute Gasteiger partial charge is 0.513 e. The van der Waals surface area contributed by atoms with Gasteiger partial charge in [-0.25, -0.2) is 9.59 Å². The Morgan fingerprint density at radius 2 is 1.16 bits per heavy atom. The molecule has 161 valence electrons. The molecule has 0 aromatic heterocycles. The zero-order chi connectivity index (χ0) is 23.1. The number of alkyl halides is 2. The molecule has 0 saturated heterocycles. The average molecular weight is 490 g/mol. The highest BCUT2D eigenvalue weighted by molar-refractivity contribution is 6.61. The Hall–Kier alpha value is -3.02. The van der Waals surface area contributed by atoms with E-state index in [1.165, 1.54) is 48.5 Å². The molecule has 31 heavy (non-hydrogen) atoms. The van der Waals surface area contributed by atoms with Crippen LogP contribution < -0.4 is 9.47 Å². The van der Waals surface area contributed by atoms with Crippen LogP contribution in [0.15, 0.2) is 48.5 Å². The second kappa shape index (κ2) is 16.7. The van der Waals surface area contributed by atoms with Crippen molar-refractivity contribution < 1.29 is 33.6 Å². The number of rotatable bonds is 4. The van der Waals surface area contributed by atoms with Crippen molar-refractivity contribution in [3.05, 3.63) is 68.8 Å². The summed E-state index contributed by atoms with van der Waals surface area (Å²) in [5, 5.41) is 20.6. The van der Waals surface area contributed by atoms with Crippen LogP contribution in [0, 0.1) is 20.2 Å². The molecule has 0 bridgehead atoms. The van der Waals surface area contributed by atoms with Gasteiger partial charge in [0.25, 0.3) is 11.4 Å². The first-order valence-corrected chi connectivity index (χ1v) is 8.66. The quantitative estimate of drug-likeness (QED) is 0.114. The summed E-state index contributed by atoms with van der Waals surface area (Å²) in [5.41, 5.74) is -1.15. The molecule has 0 amide bonds. The molecule has 0 N–H and O–H groups in total. The molecule has 0 aliphatic carbocycles. The van der Waals surface area contributed by atoms with E-state index in [0.717, 1.165) is 0 Å². The molecule has 2 rings (SSSR count). The first-order chi connectivity index (χ1) is 14.1.